The second kappa shape index (κ2) is 21.1. The Kier molecular flexibility index (Phi) is 16.0. The van der Waals surface area contributed by atoms with Crippen molar-refractivity contribution in [1.29, 1.82) is 0 Å². The van der Waals surface area contributed by atoms with Crippen LogP contribution in [0.3, 0.4) is 0 Å². The third kappa shape index (κ3) is 10.3. The van der Waals surface area contributed by atoms with Gasteiger partial charge in [0.2, 0.25) is 0 Å². The van der Waals surface area contributed by atoms with Gasteiger partial charge in [0, 0.05) is 18.6 Å². The number of nitrogens with zero attached hydrogens (tertiary/aromatic N) is 4. The summed E-state index contributed by atoms with van der Waals surface area (Å²) >= 11 is 0.0695. The standard InChI is InChI=1S/C21H17F4N2O5S.2C11H8N.Ir/c22-13-12(11(8-3-1-5-26-8)9-4-2-6-27-9)14(23)16(25)20(15(13)24)33-21-19(31)18(30)17(29)10(7-28)32-21;2*1-2-6-10(7-3-1)11-8-4-5-9-12-11;/h1-6,10,17-19,21,28-31H,7H2;2*1-6,8-9H;/q3*-1;+3/b11-8+;;;. The first-order valence-corrected chi connectivity index (χ1v) is 18.2. The smallest absolute Gasteiger partial charge is 0.664 e. The van der Waals surface area contributed by atoms with Gasteiger partial charge >= 0.3 is 20.1 Å². The van der Waals surface area contributed by atoms with Gasteiger partial charge in [-0.25, -0.2) is 17.6 Å². The van der Waals surface area contributed by atoms with Crippen molar-refractivity contribution in [2.75, 3.05) is 6.61 Å². The first kappa shape index (κ1) is 44.0. The van der Waals surface area contributed by atoms with E-state index < -0.39 is 70.2 Å². The van der Waals surface area contributed by atoms with Crippen molar-refractivity contribution in [3.8, 4) is 22.5 Å². The molecule has 9 nitrogen and oxygen atoms in total. The number of allylic oxidation sites excluding steroid dienone is 2. The molecule has 58 heavy (non-hydrogen) atoms. The first-order chi connectivity index (χ1) is 27.7. The van der Waals surface area contributed by atoms with Crippen molar-refractivity contribution in [2.45, 2.75) is 34.7 Å². The zero-order chi connectivity index (χ0) is 40.3. The molecule has 0 amide bonds. The van der Waals surface area contributed by atoms with Crippen molar-refractivity contribution < 1.29 is 62.8 Å². The molecule has 0 bridgehead atoms. The van der Waals surface area contributed by atoms with Crippen LogP contribution in [0.15, 0.2) is 143 Å². The number of aromatic nitrogens is 3. The summed E-state index contributed by atoms with van der Waals surface area (Å²) in [6.45, 7) is -0.785. The van der Waals surface area contributed by atoms with Gasteiger partial charge in [-0.05, 0) is 41.2 Å². The molecule has 0 spiro atoms. The van der Waals surface area contributed by atoms with Gasteiger partial charge in [0.05, 0.1) is 22.8 Å². The number of aliphatic imine (C=N–C) groups is 1. The maximum atomic E-state index is 15.2. The van der Waals surface area contributed by atoms with Crippen LogP contribution in [0.4, 0.5) is 17.6 Å². The molecule has 8 rings (SSSR count). The zero-order valence-electron chi connectivity index (χ0n) is 30.0. The van der Waals surface area contributed by atoms with Crippen LogP contribution in [0.2, 0.25) is 0 Å². The van der Waals surface area contributed by atoms with Crippen LogP contribution in [0.5, 0.6) is 0 Å². The van der Waals surface area contributed by atoms with E-state index in [0.29, 0.717) is 0 Å². The summed E-state index contributed by atoms with van der Waals surface area (Å²) in [5.74, 6) is -6.97. The Morgan fingerprint density at radius 1 is 0.724 bits per heavy atom. The van der Waals surface area contributed by atoms with Gasteiger partial charge in [0.1, 0.15) is 29.9 Å². The molecule has 6 aromatic rings. The topological polar surface area (TPSA) is 142 Å². The van der Waals surface area contributed by atoms with Gasteiger partial charge in [-0.15, -0.1) is 77.5 Å². The minimum Gasteiger partial charge on any atom is -0.664 e. The molecule has 298 valence electrons. The number of halogens is 4. The van der Waals surface area contributed by atoms with Gasteiger partial charge in [-0.1, -0.05) is 48.2 Å². The third-order valence-electron chi connectivity index (χ3n) is 8.48. The summed E-state index contributed by atoms with van der Waals surface area (Å²) in [4.78, 5) is 15.2. The van der Waals surface area contributed by atoms with E-state index in [1.54, 1.807) is 12.4 Å². The molecular weight excluding hydrogens is 953 g/mol. The third-order valence-corrected chi connectivity index (χ3v) is 9.69. The van der Waals surface area contributed by atoms with Gasteiger partial charge in [-0.3, -0.25) is 4.99 Å². The molecule has 5 heterocycles. The van der Waals surface area contributed by atoms with E-state index in [0.717, 1.165) is 22.5 Å². The van der Waals surface area contributed by atoms with E-state index >= 15 is 17.6 Å². The quantitative estimate of drug-likeness (QED) is 0.0793. The normalized spacial score (nSPS) is 20.2. The fourth-order valence-electron chi connectivity index (χ4n) is 5.65. The van der Waals surface area contributed by atoms with Crippen LogP contribution in [-0.4, -0.2) is 73.1 Å². The number of benzene rings is 3. The molecule has 0 saturated carbocycles. The SMILES string of the molecule is OCC1OC(Sc2c(F)c(F)c(/C(=C3\C=CC=N3)c3ccc[n-]3)c(F)c2F)C(O)C(O)C1O.[Ir+3].[c-]1ccccc1-c1ccccn1.[c-]1ccccc1-c1ccccn1. The van der Waals surface area contributed by atoms with Gasteiger partial charge in [-0.2, -0.15) is 6.20 Å². The van der Waals surface area contributed by atoms with Gasteiger partial charge in [0.25, 0.3) is 0 Å². The van der Waals surface area contributed by atoms with Crippen LogP contribution < -0.4 is 4.98 Å². The summed E-state index contributed by atoms with van der Waals surface area (Å²) < 4.78 is 65.6. The molecule has 5 unspecified atom stereocenters. The number of rotatable bonds is 7. The van der Waals surface area contributed by atoms with E-state index in [1.165, 1.54) is 36.7 Å². The van der Waals surface area contributed by atoms with E-state index in [1.807, 2.05) is 84.9 Å². The molecule has 15 heteroatoms. The maximum Gasteiger partial charge on any atom is 3.00 e. The van der Waals surface area contributed by atoms with E-state index in [4.69, 9.17) is 4.74 Å². The zero-order valence-corrected chi connectivity index (χ0v) is 33.2. The molecule has 4 N–H and O–H groups in total. The van der Waals surface area contributed by atoms with Gasteiger partial charge < -0.3 is 40.1 Å². The van der Waals surface area contributed by atoms with E-state index in [-0.39, 0.29) is 48.8 Å². The maximum absolute atomic E-state index is 15.2. The second-order valence-electron chi connectivity index (χ2n) is 12.2. The molecule has 3 aromatic carbocycles. The Hall–Kier alpha value is -5.09. The molecule has 0 radical (unpaired) electrons. The number of ether oxygens (including phenoxy) is 1. The summed E-state index contributed by atoms with van der Waals surface area (Å²) in [6.07, 6.45) is 2.34. The summed E-state index contributed by atoms with van der Waals surface area (Å²) in [6, 6.07) is 36.5. The molecule has 0 aliphatic carbocycles. The van der Waals surface area contributed by atoms with E-state index in [9.17, 15) is 20.4 Å². The molecule has 5 atom stereocenters. The Morgan fingerprint density at radius 3 is 1.76 bits per heavy atom. The minimum atomic E-state index is -1.87. The number of hydrogen-bond donors (Lipinski definition) is 4. The number of aliphatic hydroxyl groups excluding tert-OH is 4. The van der Waals surface area contributed by atoms with Crippen molar-refractivity contribution in [3.63, 3.8) is 0 Å². The Balaban J connectivity index is 0.000000207. The molecule has 1 saturated heterocycles. The molecule has 1 fully saturated rings. The summed E-state index contributed by atoms with van der Waals surface area (Å²) in [5.41, 5.74) is 1.18. The number of thioether (sulfide) groups is 1. The predicted octanol–water partition coefficient (Wildman–Crippen LogP) is 6.59. The summed E-state index contributed by atoms with van der Waals surface area (Å²) in [7, 11) is 0. The molecular formula is C43H33F4IrN4O5S. The van der Waals surface area contributed by atoms with E-state index in [2.05, 4.69) is 32.1 Å². The van der Waals surface area contributed by atoms with Crippen molar-refractivity contribution in [2.24, 2.45) is 4.99 Å². The number of pyridine rings is 2. The molecule has 2 aliphatic rings. The fraction of sp³-hybridized carbons (Fsp3) is 0.140. The summed E-state index contributed by atoms with van der Waals surface area (Å²) in [5, 5.41) is 39.1. The largest absolute Gasteiger partial charge is 3.00 e. The van der Waals surface area contributed by atoms with Gasteiger partial charge in [0.15, 0.2) is 23.3 Å². The van der Waals surface area contributed by atoms with Crippen LogP contribution >= 0.6 is 11.8 Å². The average Bonchev–Trinajstić information content (AvgIpc) is 4.01. The average molecular weight is 986 g/mol. The van der Waals surface area contributed by atoms with Crippen LogP contribution in [0.25, 0.3) is 28.1 Å². The van der Waals surface area contributed by atoms with Crippen molar-refractivity contribution >= 4 is 23.5 Å². The Morgan fingerprint density at radius 2 is 1.31 bits per heavy atom. The van der Waals surface area contributed by atoms with Crippen molar-refractivity contribution in [1.82, 2.24) is 15.0 Å². The number of aliphatic hydroxyl groups is 4. The monoisotopic (exact) mass is 986 g/mol. The molecule has 3 aromatic heterocycles. The van der Waals surface area contributed by atoms with Crippen molar-refractivity contribution in [3.05, 3.63) is 180 Å². The predicted molar refractivity (Wildman–Crippen MR) is 206 cm³/mol. The molecule has 2 aliphatic heterocycles. The second-order valence-corrected chi connectivity index (χ2v) is 13.3. The van der Waals surface area contributed by atoms with Crippen LogP contribution in [-0.2, 0) is 24.8 Å². The number of hydrogen-bond acceptors (Lipinski definition) is 9. The van der Waals surface area contributed by atoms with Crippen LogP contribution in [0, 0.1) is 35.4 Å². The first-order valence-electron chi connectivity index (χ1n) is 17.3. The minimum absolute atomic E-state index is 0. The fourth-order valence-corrected chi connectivity index (χ4v) is 6.77. The Labute approximate surface area is 348 Å². The Bertz CT molecular complexity index is 2120. The van der Waals surface area contributed by atoms with Crippen LogP contribution in [0.1, 0.15) is 11.3 Å².